The maximum absolute atomic E-state index is 12.8. The Hall–Kier alpha value is -2.70. The number of aliphatic hydroxyl groups excluding tert-OH is 1. The van der Waals surface area contributed by atoms with E-state index in [1.807, 2.05) is 25.1 Å². The van der Waals surface area contributed by atoms with E-state index < -0.39 is 0 Å². The first-order chi connectivity index (χ1) is 14.0. The van der Waals surface area contributed by atoms with Crippen molar-refractivity contribution >= 4 is 17.4 Å². The third-order valence-corrected chi connectivity index (χ3v) is 4.92. The Labute approximate surface area is 174 Å². The van der Waals surface area contributed by atoms with Gasteiger partial charge in [0, 0.05) is 30.2 Å². The van der Waals surface area contributed by atoms with E-state index in [2.05, 4.69) is 11.2 Å². The number of halogens is 1. The minimum Gasteiger partial charge on any atom is -0.396 e. The fraction of sp³-hybridized carbons (Fsp3) is 0.318. The molecular formula is C22H24ClN3O3. The molecule has 0 radical (unpaired) electrons. The van der Waals surface area contributed by atoms with Crippen LogP contribution in [0.1, 0.15) is 24.0 Å². The number of carbonyl (C=O) groups is 1. The molecule has 0 amide bonds. The summed E-state index contributed by atoms with van der Waals surface area (Å²) < 4.78 is 2.70. The number of ketones is 1. The summed E-state index contributed by atoms with van der Waals surface area (Å²) in [7, 11) is 0. The minimum absolute atomic E-state index is 0.0346. The second kappa shape index (κ2) is 9.67. The fourth-order valence-corrected chi connectivity index (χ4v) is 3.31. The van der Waals surface area contributed by atoms with E-state index in [0.29, 0.717) is 36.7 Å². The highest BCUT2D eigenvalue weighted by molar-refractivity contribution is 6.30. The SMILES string of the molecule is Cc1cccc(CCC(=O)Cn2nc(-c3ccc(Cl)cc3)n(CCCO)c2=O)c1. The molecule has 0 aliphatic heterocycles. The van der Waals surface area contributed by atoms with Crippen molar-refractivity contribution in [2.24, 2.45) is 0 Å². The number of hydrogen-bond donors (Lipinski definition) is 1. The van der Waals surface area contributed by atoms with E-state index in [1.165, 1.54) is 9.25 Å². The van der Waals surface area contributed by atoms with Crippen molar-refractivity contribution < 1.29 is 9.90 Å². The number of Topliss-reactive ketones (excluding diaryl/α,β-unsaturated/α-hetero) is 1. The van der Waals surface area contributed by atoms with Crippen molar-refractivity contribution in [1.29, 1.82) is 0 Å². The number of hydrogen-bond acceptors (Lipinski definition) is 4. The van der Waals surface area contributed by atoms with Gasteiger partial charge in [0.25, 0.3) is 0 Å². The van der Waals surface area contributed by atoms with E-state index in [9.17, 15) is 9.59 Å². The first kappa shape index (κ1) is 21.0. The van der Waals surface area contributed by atoms with Crippen molar-refractivity contribution in [3.8, 4) is 11.4 Å². The number of aryl methyl sites for hydroxylation is 2. The molecule has 7 heteroatoms. The summed E-state index contributed by atoms with van der Waals surface area (Å²) in [6.07, 6.45) is 1.40. The van der Waals surface area contributed by atoms with Crippen LogP contribution in [0.3, 0.4) is 0 Å². The lowest BCUT2D eigenvalue weighted by molar-refractivity contribution is -0.119. The van der Waals surface area contributed by atoms with Crippen LogP contribution in [0.2, 0.25) is 5.02 Å². The fourth-order valence-electron chi connectivity index (χ4n) is 3.18. The second-order valence-corrected chi connectivity index (χ2v) is 7.46. The Morgan fingerprint density at radius 2 is 1.93 bits per heavy atom. The molecule has 0 bridgehead atoms. The van der Waals surface area contributed by atoms with Gasteiger partial charge in [-0.15, -0.1) is 5.10 Å². The molecular weight excluding hydrogens is 390 g/mol. The highest BCUT2D eigenvalue weighted by Gasteiger charge is 2.17. The summed E-state index contributed by atoms with van der Waals surface area (Å²) in [5.41, 5.74) is 2.63. The lowest BCUT2D eigenvalue weighted by Crippen LogP contribution is -2.28. The standard InChI is InChI=1S/C22H24ClN3O3/c1-16-4-2-5-17(14-16)6-11-20(28)15-26-22(29)25(12-3-13-27)21(24-26)18-7-9-19(23)10-8-18/h2,4-5,7-10,14,27H,3,6,11-13,15H2,1H3. The van der Waals surface area contributed by atoms with E-state index in [-0.39, 0.29) is 24.6 Å². The highest BCUT2D eigenvalue weighted by atomic mass is 35.5. The van der Waals surface area contributed by atoms with E-state index in [4.69, 9.17) is 16.7 Å². The Bertz CT molecular complexity index is 1040. The van der Waals surface area contributed by atoms with Gasteiger partial charge in [-0.25, -0.2) is 9.48 Å². The van der Waals surface area contributed by atoms with Crippen LogP contribution >= 0.6 is 11.6 Å². The normalized spacial score (nSPS) is 11.0. The van der Waals surface area contributed by atoms with Crippen LogP contribution in [0.15, 0.2) is 53.3 Å². The van der Waals surface area contributed by atoms with Crippen molar-refractivity contribution in [1.82, 2.24) is 14.3 Å². The van der Waals surface area contributed by atoms with Crippen LogP contribution in [0.4, 0.5) is 0 Å². The van der Waals surface area contributed by atoms with Gasteiger partial charge in [-0.2, -0.15) is 0 Å². The average molecular weight is 414 g/mol. The Morgan fingerprint density at radius 3 is 2.62 bits per heavy atom. The number of benzene rings is 2. The maximum Gasteiger partial charge on any atom is 0.346 e. The number of rotatable bonds is 9. The van der Waals surface area contributed by atoms with Crippen molar-refractivity contribution in [3.63, 3.8) is 0 Å². The summed E-state index contributed by atoms with van der Waals surface area (Å²) in [5, 5.41) is 14.1. The van der Waals surface area contributed by atoms with Gasteiger partial charge in [-0.1, -0.05) is 41.4 Å². The van der Waals surface area contributed by atoms with Crippen LogP contribution in [0.5, 0.6) is 0 Å². The summed E-state index contributed by atoms with van der Waals surface area (Å²) in [5.74, 6) is 0.412. The van der Waals surface area contributed by atoms with Crippen LogP contribution in [0, 0.1) is 6.92 Å². The Morgan fingerprint density at radius 1 is 1.17 bits per heavy atom. The third-order valence-electron chi connectivity index (χ3n) is 4.67. The monoisotopic (exact) mass is 413 g/mol. The number of aliphatic hydroxyl groups is 1. The summed E-state index contributed by atoms with van der Waals surface area (Å²) >= 11 is 5.95. The summed E-state index contributed by atoms with van der Waals surface area (Å²) in [6.45, 7) is 2.23. The first-order valence-electron chi connectivity index (χ1n) is 9.59. The van der Waals surface area contributed by atoms with Crippen LogP contribution in [-0.4, -0.2) is 31.8 Å². The van der Waals surface area contributed by atoms with E-state index >= 15 is 0 Å². The largest absolute Gasteiger partial charge is 0.396 e. The maximum atomic E-state index is 12.8. The zero-order valence-corrected chi connectivity index (χ0v) is 17.1. The predicted molar refractivity (Wildman–Crippen MR) is 113 cm³/mol. The highest BCUT2D eigenvalue weighted by Crippen LogP contribution is 2.19. The van der Waals surface area contributed by atoms with Gasteiger partial charge in [0.15, 0.2) is 11.6 Å². The van der Waals surface area contributed by atoms with E-state index in [1.54, 1.807) is 24.3 Å². The van der Waals surface area contributed by atoms with Gasteiger partial charge < -0.3 is 5.11 Å². The molecule has 0 aliphatic rings. The first-order valence-corrected chi connectivity index (χ1v) is 9.97. The third kappa shape index (κ3) is 5.43. The molecule has 152 valence electrons. The van der Waals surface area contributed by atoms with Gasteiger partial charge in [-0.3, -0.25) is 9.36 Å². The molecule has 1 heterocycles. The van der Waals surface area contributed by atoms with Crippen LogP contribution < -0.4 is 5.69 Å². The molecule has 0 spiro atoms. The average Bonchev–Trinajstić information content (AvgIpc) is 3.01. The van der Waals surface area contributed by atoms with E-state index in [0.717, 1.165) is 16.7 Å². The van der Waals surface area contributed by atoms with Crippen molar-refractivity contribution in [2.45, 2.75) is 39.3 Å². The van der Waals surface area contributed by atoms with Crippen LogP contribution in [-0.2, 0) is 24.3 Å². The molecule has 0 fully saturated rings. The van der Waals surface area contributed by atoms with Gasteiger partial charge in [0.05, 0.1) is 0 Å². The van der Waals surface area contributed by atoms with Gasteiger partial charge >= 0.3 is 5.69 Å². The number of nitrogens with zero attached hydrogens (tertiary/aromatic N) is 3. The molecule has 1 N–H and O–H groups in total. The number of aromatic nitrogens is 3. The molecule has 0 saturated heterocycles. The van der Waals surface area contributed by atoms with Crippen LogP contribution in [0.25, 0.3) is 11.4 Å². The molecule has 0 atom stereocenters. The van der Waals surface area contributed by atoms with Gasteiger partial charge in [0.1, 0.15) is 6.54 Å². The van der Waals surface area contributed by atoms with Gasteiger partial charge in [-0.05, 0) is 49.6 Å². The molecule has 6 nitrogen and oxygen atoms in total. The summed E-state index contributed by atoms with van der Waals surface area (Å²) in [6, 6.07) is 15.1. The zero-order chi connectivity index (χ0) is 20.8. The molecule has 3 aromatic rings. The van der Waals surface area contributed by atoms with Crippen molar-refractivity contribution in [3.05, 3.63) is 75.2 Å². The van der Waals surface area contributed by atoms with Gasteiger partial charge in [0.2, 0.25) is 0 Å². The molecule has 0 saturated carbocycles. The quantitative estimate of drug-likeness (QED) is 0.584. The smallest absolute Gasteiger partial charge is 0.346 e. The lowest BCUT2D eigenvalue weighted by Gasteiger charge is -2.04. The topological polar surface area (TPSA) is 77.1 Å². The summed E-state index contributed by atoms with van der Waals surface area (Å²) in [4.78, 5) is 25.3. The second-order valence-electron chi connectivity index (χ2n) is 7.03. The Balaban J connectivity index is 1.78. The Kier molecular flexibility index (Phi) is 7.01. The molecule has 29 heavy (non-hydrogen) atoms. The molecule has 0 aliphatic carbocycles. The zero-order valence-electron chi connectivity index (χ0n) is 16.3. The molecule has 0 unspecified atom stereocenters. The molecule has 1 aromatic heterocycles. The number of carbonyl (C=O) groups excluding carboxylic acids is 1. The molecule has 3 rings (SSSR count). The predicted octanol–water partition coefficient (Wildman–Crippen LogP) is 3.26. The molecule has 2 aromatic carbocycles. The van der Waals surface area contributed by atoms with Crippen molar-refractivity contribution in [2.75, 3.05) is 6.61 Å². The lowest BCUT2D eigenvalue weighted by atomic mass is 10.1. The minimum atomic E-state index is -0.354.